The molecule has 2 fully saturated rings. The van der Waals surface area contributed by atoms with Crippen LogP contribution < -0.4 is 5.32 Å². The second kappa shape index (κ2) is 5.72. The lowest BCUT2D eigenvalue weighted by molar-refractivity contribution is 0.176. The molecular weight excluding hydrogens is 240 g/mol. The van der Waals surface area contributed by atoms with E-state index in [1.807, 2.05) is 11.3 Å². The molecular formula is C15H24N2S. The normalized spacial score (nSPS) is 27.3. The van der Waals surface area contributed by atoms with E-state index in [-0.39, 0.29) is 0 Å². The summed E-state index contributed by atoms with van der Waals surface area (Å²) in [4.78, 5) is 4.07. The fourth-order valence-electron chi connectivity index (χ4n) is 3.06. The fraction of sp³-hybridized carbons (Fsp3) is 0.733. The van der Waals surface area contributed by atoms with Crippen LogP contribution in [-0.4, -0.2) is 31.1 Å². The molecule has 2 atom stereocenters. The lowest BCUT2D eigenvalue weighted by Crippen LogP contribution is -2.44. The number of rotatable bonds is 5. The third-order valence-corrected chi connectivity index (χ3v) is 5.39. The minimum atomic E-state index is 0.625. The van der Waals surface area contributed by atoms with Crippen LogP contribution in [0.4, 0.5) is 0 Å². The van der Waals surface area contributed by atoms with Gasteiger partial charge in [-0.15, -0.1) is 11.3 Å². The molecule has 1 saturated carbocycles. The van der Waals surface area contributed by atoms with Crippen molar-refractivity contribution >= 4 is 11.3 Å². The molecule has 1 aliphatic heterocycles. The van der Waals surface area contributed by atoms with Crippen LogP contribution >= 0.6 is 11.3 Å². The van der Waals surface area contributed by atoms with E-state index >= 15 is 0 Å². The van der Waals surface area contributed by atoms with E-state index in [0.717, 1.165) is 18.5 Å². The third kappa shape index (κ3) is 2.95. The summed E-state index contributed by atoms with van der Waals surface area (Å²) in [5, 5.41) is 6.06. The molecule has 0 aromatic carbocycles. The molecule has 0 radical (unpaired) electrons. The Balaban J connectivity index is 1.56. The molecule has 1 aromatic rings. The Morgan fingerprint density at radius 1 is 1.39 bits per heavy atom. The monoisotopic (exact) mass is 264 g/mol. The quantitative estimate of drug-likeness (QED) is 0.878. The van der Waals surface area contributed by atoms with E-state index in [4.69, 9.17) is 0 Å². The SMILES string of the molecule is CN1CCCCC1CNC(c1cccs1)C1CC1. The summed E-state index contributed by atoms with van der Waals surface area (Å²) in [7, 11) is 2.28. The summed E-state index contributed by atoms with van der Waals surface area (Å²) < 4.78 is 0. The van der Waals surface area contributed by atoms with Gasteiger partial charge in [-0.3, -0.25) is 0 Å². The van der Waals surface area contributed by atoms with Crippen molar-refractivity contribution in [2.24, 2.45) is 5.92 Å². The number of thiophene rings is 1. The van der Waals surface area contributed by atoms with Crippen molar-refractivity contribution in [3.8, 4) is 0 Å². The van der Waals surface area contributed by atoms with E-state index in [1.54, 1.807) is 0 Å². The summed E-state index contributed by atoms with van der Waals surface area (Å²) in [6, 6.07) is 5.86. The van der Waals surface area contributed by atoms with Gasteiger partial charge in [-0.1, -0.05) is 12.5 Å². The second-order valence-corrected chi connectivity index (χ2v) is 6.85. The van der Waals surface area contributed by atoms with Gasteiger partial charge in [0.2, 0.25) is 0 Å². The van der Waals surface area contributed by atoms with Crippen molar-refractivity contribution in [1.82, 2.24) is 10.2 Å². The first-order chi connectivity index (χ1) is 8.84. The lowest BCUT2D eigenvalue weighted by Gasteiger charge is -2.33. The Kier molecular flexibility index (Phi) is 4.02. The van der Waals surface area contributed by atoms with Gasteiger partial charge in [0.15, 0.2) is 0 Å². The summed E-state index contributed by atoms with van der Waals surface area (Å²) in [6.07, 6.45) is 6.98. The fourth-order valence-corrected chi connectivity index (χ4v) is 3.96. The first kappa shape index (κ1) is 12.6. The van der Waals surface area contributed by atoms with Gasteiger partial charge >= 0.3 is 0 Å². The molecule has 0 spiro atoms. The number of nitrogens with zero attached hydrogens (tertiary/aromatic N) is 1. The number of likely N-dealkylation sites (tertiary alicyclic amines) is 1. The molecule has 1 aromatic heterocycles. The summed E-state index contributed by atoms with van der Waals surface area (Å²) in [6.45, 7) is 2.44. The van der Waals surface area contributed by atoms with Crippen LogP contribution in [0.1, 0.15) is 43.0 Å². The van der Waals surface area contributed by atoms with Gasteiger partial charge in [-0.25, -0.2) is 0 Å². The number of likely N-dealkylation sites (N-methyl/N-ethyl adjacent to an activating group) is 1. The van der Waals surface area contributed by atoms with Crippen molar-refractivity contribution in [3.05, 3.63) is 22.4 Å². The lowest BCUT2D eigenvalue weighted by atomic mass is 10.0. The Morgan fingerprint density at radius 2 is 2.28 bits per heavy atom. The molecule has 18 heavy (non-hydrogen) atoms. The number of nitrogens with one attached hydrogen (secondary N) is 1. The smallest absolute Gasteiger partial charge is 0.0443 e. The predicted molar refractivity (Wildman–Crippen MR) is 78.1 cm³/mol. The van der Waals surface area contributed by atoms with Crippen LogP contribution in [0.2, 0.25) is 0 Å². The van der Waals surface area contributed by atoms with Gasteiger partial charge in [0.1, 0.15) is 0 Å². The third-order valence-electron chi connectivity index (χ3n) is 4.44. The van der Waals surface area contributed by atoms with E-state index in [0.29, 0.717) is 6.04 Å². The van der Waals surface area contributed by atoms with Gasteiger partial charge in [0.25, 0.3) is 0 Å². The van der Waals surface area contributed by atoms with Crippen molar-refractivity contribution in [2.75, 3.05) is 20.1 Å². The highest BCUT2D eigenvalue weighted by atomic mass is 32.1. The van der Waals surface area contributed by atoms with Crippen LogP contribution in [0.25, 0.3) is 0 Å². The Hall–Kier alpha value is -0.380. The summed E-state index contributed by atoms with van der Waals surface area (Å²) in [5.41, 5.74) is 0. The molecule has 3 heteroatoms. The number of piperidine rings is 1. The maximum absolute atomic E-state index is 3.85. The highest BCUT2D eigenvalue weighted by Crippen LogP contribution is 2.42. The van der Waals surface area contributed by atoms with E-state index < -0.39 is 0 Å². The van der Waals surface area contributed by atoms with Crippen LogP contribution in [0, 0.1) is 5.92 Å². The van der Waals surface area contributed by atoms with E-state index in [2.05, 4.69) is 34.8 Å². The summed E-state index contributed by atoms with van der Waals surface area (Å²) in [5.74, 6) is 0.901. The van der Waals surface area contributed by atoms with Crippen molar-refractivity contribution < 1.29 is 0 Å². The second-order valence-electron chi connectivity index (χ2n) is 5.87. The molecule has 2 aliphatic rings. The topological polar surface area (TPSA) is 15.3 Å². The Bertz CT molecular complexity index is 359. The number of hydrogen-bond donors (Lipinski definition) is 1. The minimum absolute atomic E-state index is 0.625. The highest BCUT2D eigenvalue weighted by Gasteiger charge is 2.33. The largest absolute Gasteiger partial charge is 0.307 e. The molecule has 0 amide bonds. The van der Waals surface area contributed by atoms with Gasteiger partial charge in [0, 0.05) is 23.5 Å². The van der Waals surface area contributed by atoms with Gasteiger partial charge in [-0.2, -0.15) is 0 Å². The van der Waals surface area contributed by atoms with Gasteiger partial charge in [-0.05, 0) is 56.6 Å². The van der Waals surface area contributed by atoms with Gasteiger partial charge < -0.3 is 10.2 Å². The molecule has 1 saturated heterocycles. The van der Waals surface area contributed by atoms with Crippen LogP contribution in [0.5, 0.6) is 0 Å². The standard InChI is InChI=1S/C15H24N2S/c1-17-9-3-2-5-13(17)11-16-15(12-7-8-12)14-6-4-10-18-14/h4,6,10,12-13,15-16H,2-3,5,7-9,11H2,1H3. The van der Waals surface area contributed by atoms with E-state index in [1.165, 1.54) is 43.5 Å². The van der Waals surface area contributed by atoms with Crippen molar-refractivity contribution in [3.63, 3.8) is 0 Å². The molecule has 2 heterocycles. The Labute approximate surface area is 114 Å². The first-order valence-electron chi connectivity index (χ1n) is 7.31. The highest BCUT2D eigenvalue weighted by molar-refractivity contribution is 7.10. The van der Waals surface area contributed by atoms with Gasteiger partial charge in [0.05, 0.1) is 0 Å². The van der Waals surface area contributed by atoms with Crippen molar-refractivity contribution in [1.29, 1.82) is 0 Å². The maximum Gasteiger partial charge on any atom is 0.0443 e. The molecule has 2 nitrogen and oxygen atoms in total. The zero-order valence-electron chi connectivity index (χ0n) is 11.3. The average Bonchev–Trinajstić information content (AvgIpc) is 3.07. The molecule has 2 unspecified atom stereocenters. The molecule has 1 N–H and O–H groups in total. The first-order valence-corrected chi connectivity index (χ1v) is 8.19. The van der Waals surface area contributed by atoms with Crippen LogP contribution in [-0.2, 0) is 0 Å². The van der Waals surface area contributed by atoms with E-state index in [9.17, 15) is 0 Å². The Morgan fingerprint density at radius 3 is 2.94 bits per heavy atom. The van der Waals surface area contributed by atoms with Crippen LogP contribution in [0.3, 0.4) is 0 Å². The zero-order chi connectivity index (χ0) is 12.4. The molecule has 3 rings (SSSR count). The molecule has 100 valence electrons. The maximum atomic E-state index is 3.85. The number of hydrogen-bond acceptors (Lipinski definition) is 3. The predicted octanol–water partition coefficient (Wildman–Crippen LogP) is 3.27. The van der Waals surface area contributed by atoms with Crippen LogP contribution in [0.15, 0.2) is 17.5 Å². The zero-order valence-corrected chi connectivity index (χ0v) is 12.1. The molecule has 0 bridgehead atoms. The summed E-state index contributed by atoms with van der Waals surface area (Å²) >= 11 is 1.91. The molecule has 1 aliphatic carbocycles. The van der Waals surface area contributed by atoms with Crippen molar-refractivity contribution in [2.45, 2.75) is 44.2 Å². The average molecular weight is 264 g/mol. The minimum Gasteiger partial charge on any atom is -0.307 e.